The van der Waals surface area contributed by atoms with E-state index >= 15 is 0 Å². The Morgan fingerprint density at radius 1 is 1.39 bits per heavy atom. The van der Waals surface area contributed by atoms with E-state index in [2.05, 4.69) is 4.90 Å². The number of fused-ring (bicyclic) bond motifs is 3. The van der Waals surface area contributed by atoms with Gasteiger partial charge < -0.3 is 14.9 Å². The number of carbonyl (C=O) groups excluding carboxylic acids is 1. The Bertz CT molecular complexity index is 620. The van der Waals surface area contributed by atoms with Crippen LogP contribution in [0.3, 0.4) is 0 Å². The van der Waals surface area contributed by atoms with Crippen LogP contribution in [0.4, 0.5) is 0 Å². The second-order valence-corrected chi connectivity index (χ2v) is 7.37. The molecule has 2 N–H and O–H groups in total. The van der Waals surface area contributed by atoms with E-state index in [-0.39, 0.29) is 23.5 Å². The molecule has 2 aliphatic heterocycles. The highest BCUT2D eigenvalue weighted by atomic mass is 16.5. The monoisotopic (exact) mass is 319 g/mol. The quantitative estimate of drug-likeness (QED) is 0.892. The first-order chi connectivity index (χ1) is 10.8. The first-order valence-electron chi connectivity index (χ1n) is 8.17. The minimum Gasteiger partial charge on any atom is -0.504 e. The molecule has 1 saturated heterocycles. The number of hydrogen-bond donors (Lipinski definition) is 2. The molecule has 0 aromatic heterocycles. The van der Waals surface area contributed by atoms with Crippen molar-refractivity contribution in [3.63, 3.8) is 0 Å². The van der Waals surface area contributed by atoms with Crippen molar-refractivity contribution in [1.29, 1.82) is 0 Å². The molecule has 2 unspecified atom stereocenters. The number of hydrogen-bond acceptors (Lipinski definition) is 5. The number of aromatic hydroxyl groups is 1. The molecule has 1 aromatic rings. The predicted octanol–water partition coefficient (Wildman–Crippen LogP) is 2.05. The Kier molecular flexibility index (Phi) is 4.10. The number of carbonyl (C=O) groups is 1. The van der Waals surface area contributed by atoms with Crippen molar-refractivity contribution in [3.05, 3.63) is 23.3 Å². The number of Topliss-reactive ketones (excluding diaryl/α,β-unsaturated/α-hetero) is 1. The average molecular weight is 319 g/mol. The maximum atomic E-state index is 12.5. The number of ether oxygens (including phenoxy) is 1. The van der Waals surface area contributed by atoms with Crippen LogP contribution in [-0.4, -0.2) is 46.7 Å². The van der Waals surface area contributed by atoms with Crippen LogP contribution in [0.2, 0.25) is 0 Å². The van der Waals surface area contributed by atoms with Crippen LogP contribution in [0.1, 0.15) is 43.9 Å². The first-order valence-corrected chi connectivity index (χ1v) is 8.17. The van der Waals surface area contributed by atoms with Gasteiger partial charge in [0.2, 0.25) is 0 Å². The van der Waals surface area contributed by atoms with Gasteiger partial charge in [0.15, 0.2) is 11.5 Å². The summed E-state index contributed by atoms with van der Waals surface area (Å²) < 4.78 is 5.22. The molecular formula is C18H25NO4. The number of benzene rings is 1. The lowest BCUT2D eigenvalue weighted by Crippen LogP contribution is -2.47. The fourth-order valence-electron chi connectivity index (χ4n) is 3.92. The Balaban J connectivity index is 1.86. The van der Waals surface area contributed by atoms with Crippen LogP contribution < -0.4 is 4.74 Å². The Morgan fingerprint density at radius 3 is 2.78 bits per heavy atom. The van der Waals surface area contributed by atoms with E-state index in [0.717, 1.165) is 24.1 Å². The lowest BCUT2D eigenvalue weighted by Gasteiger charge is -2.43. The standard InChI is InChI=1S/C18H25NO4/c1-18(2,22)9-12-10-19-5-4-11-6-16(21)17(23-3)7-13(11)14(19)8-15(12)20/h6-7,12,14,21-22H,4-5,8-10H2,1-3H3. The normalized spacial score (nSPS) is 25.0. The van der Waals surface area contributed by atoms with E-state index in [1.807, 2.05) is 6.07 Å². The first kappa shape index (κ1) is 16.3. The number of methoxy groups -OCH3 is 1. The topological polar surface area (TPSA) is 70.0 Å². The third kappa shape index (κ3) is 3.21. The zero-order chi connectivity index (χ0) is 16.8. The summed E-state index contributed by atoms with van der Waals surface area (Å²) >= 11 is 0. The van der Waals surface area contributed by atoms with E-state index in [1.54, 1.807) is 19.9 Å². The van der Waals surface area contributed by atoms with E-state index in [4.69, 9.17) is 4.74 Å². The zero-order valence-electron chi connectivity index (χ0n) is 14.0. The predicted molar refractivity (Wildman–Crippen MR) is 86.7 cm³/mol. The Morgan fingerprint density at radius 2 is 2.13 bits per heavy atom. The third-order valence-electron chi connectivity index (χ3n) is 4.96. The van der Waals surface area contributed by atoms with Gasteiger partial charge in [-0.25, -0.2) is 0 Å². The van der Waals surface area contributed by atoms with Gasteiger partial charge in [-0.3, -0.25) is 9.69 Å². The van der Waals surface area contributed by atoms with E-state index < -0.39 is 5.60 Å². The van der Waals surface area contributed by atoms with Crippen molar-refractivity contribution >= 4 is 5.78 Å². The second kappa shape index (κ2) is 5.80. The zero-order valence-corrected chi connectivity index (χ0v) is 14.0. The molecule has 1 fully saturated rings. The fourth-order valence-corrected chi connectivity index (χ4v) is 3.92. The van der Waals surface area contributed by atoms with Gasteiger partial charge in [0.25, 0.3) is 0 Å². The number of aliphatic hydroxyl groups is 1. The molecule has 5 heteroatoms. The fraction of sp³-hybridized carbons (Fsp3) is 0.611. The Labute approximate surface area is 136 Å². The number of phenols is 1. The summed E-state index contributed by atoms with van der Waals surface area (Å²) in [6.07, 6.45) is 1.81. The largest absolute Gasteiger partial charge is 0.504 e. The lowest BCUT2D eigenvalue weighted by atomic mass is 9.79. The maximum absolute atomic E-state index is 12.5. The minimum atomic E-state index is -0.824. The molecule has 3 rings (SSSR count). The smallest absolute Gasteiger partial charge is 0.160 e. The number of ketones is 1. The number of rotatable bonds is 3. The summed E-state index contributed by atoms with van der Waals surface area (Å²) in [7, 11) is 1.54. The SMILES string of the molecule is COc1cc2c(cc1O)CCN1CC(CC(C)(C)O)C(=O)CC21. The maximum Gasteiger partial charge on any atom is 0.160 e. The van der Waals surface area contributed by atoms with Crippen LogP contribution in [0, 0.1) is 5.92 Å². The molecule has 0 saturated carbocycles. The summed E-state index contributed by atoms with van der Waals surface area (Å²) in [6, 6.07) is 3.68. The van der Waals surface area contributed by atoms with Gasteiger partial charge in [-0.15, -0.1) is 0 Å². The van der Waals surface area contributed by atoms with Gasteiger partial charge in [0, 0.05) is 31.5 Å². The van der Waals surface area contributed by atoms with Crippen molar-refractivity contribution in [3.8, 4) is 11.5 Å². The van der Waals surface area contributed by atoms with Gasteiger partial charge in [-0.2, -0.15) is 0 Å². The van der Waals surface area contributed by atoms with Crippen LogP contribution in [0.15, 0.2) is 12.1 Å². The molecule has 2 atom stereocenters. The summed E-state index contributed by atoms with van der Waals surface area (Å²) in [5, 5.41) is 20.0. The number of phenolic OH excluding ortho intramolecular Hbond substituents is 1. The van der Waals surface area contributed by atoms with Crippen molar-refractivity contribution in [1.82, 2.24) is 4.90 Å². The van der Waals surface area contributed by atoms with Gasteiger partial charge in [-0.1, -0.05) is 0 Å². The minimum absolute atomic E-state index is 0.0544. The average Bonchev–Trinajstić information content (AvgIpc) is 2.46. The molecule has 2 heterocycles. The van der Waals surface area contributed by atoms with Crippen molar-refractivity contribution in [2.45, 2.75) is 44.8 Å². The van der Waals surface area contributed by atoms with Crippen molar-refractivity contribution < 1.29 is 19.7 Å². The molecule has 0 bridgehead atoms. The van der Waals surface area contributed by atoms with Crippen molar-refractivity contribution in [2.75, 3.05) is 20.2 Å². The van der Waals surface area contributed by atoms with Crippen LogP contribution in [-0.2, 0) is 11.2 Å². The summed E-state index contributed by atoms with van der Waals surface area (Å²) in [5.41, 5.74) is 1.36. The summed E-state index contributed by atoms with van der Waals surface area (Å²) in [5.74, 6) is 0.721. The van der Waals surface area contributed by atoms with Crippen LogP contribution >= 0.6 is 0 Å². The van der Waals surface area contributed by atoms with Crippen LogP contribution in [0.5, 0.6) is 11.5 Å². The number of piperidine rings is 1. The molecule has 0 amide bonds. The third-order valence-corrected chi connectivity index (χ3v) is 4.96. The molecule has 0 spiro atoms. The van der Waals surface area contributed by atoms with Crippen molar-refractivity contribution in [2.24, 2.45) is 5.92 Å². The molecule has 2 aliphatic rings. The highest BCUT2D eigenvalue weighted by molar-refractivity contribution is 5.83. The molecule has 126 valence electrons. The molecule has 5 nitrogen and oxygen atoms in total. The van der Waals surface area contributed by atoms with E-state index in [9.17, 15) is 15.0 Å². The van der Waals surface area contributed by atoms with Gasteiger partial charge >= 0.3 is 0 Å². The van der Waals surface area contributed by atoms with E-state index in [0.29, 0.717) is 25.1 Å². The molecule has 0 aliphatic carbocycles. The van der Waals surface area contributed by atoms with Crippen LogP contribution in [0.25, 0.3) is 0 Å². The lowest BCUT2D eigenvalue weighted by molar-refractivity contribution is -0.131. The number of nitrogens with zero attached hydrogens (tertiary/aromatic N) is 1. The molecule has 0 radical (unpaired) electrons. The summed E-state index contributed by atoms with van der Waals surface area (Å²) in [6.45, 7) is 5.08. The molecule has 1 aromatic carbocycles. The highest BCUT2D eigenvalue weighted by Crippen LogP contribution is 2.42. The summed E-state index contributed by atoms with van der Waals surface area (Å²) in [4.78, 5) is 14.9. The molecule has 23 heavy (non-hydrogen) atoms. The molecular weight excluding hydrogens is 294 g/mol. The van der Waals surface area contributed by atoms with Gasteiger partial charge in [0.05, 0.1) is 12.7 Å². The van der Waals surface area contributed by atoms with E-state index in [1.165, 1.54) is 7.11 Å². The Hall–Kier alpha value is -1.59. The second-order valence-electron chi connectivity index (χ2n) is 7.37. The van der Waals surface area contributed by atoms with Gasteiger partial charge in [-0.05, 0) is 49.9 Å². The van der Waals surface area contributed by atoms with Gasteiger partial charge in [0.1, 0.15) is 5.78 Å². The highest BCUT2D eigenvalue weighted by Gasteiger charge is 2.39.